The van der Waals surface area contributed by atoms with E-state index in [4.69, 9.17) is 5.26 Å². The van der Waals surface area contributed by atoms with E-state index in [1.807, 2.05) is 30.3 Å². The van der Waals surface area contributed by atoms with Gasteiger partial charge in [0.2, 0.25) is 0 Å². The summed E-state index contributed by atoms with van der Waals surface area (Å²) in [6.07, 6.45) is 1.36. The van der Waals surface area contributed by atoms with Gasteiger partial charge in [-0.25, -0.2) is 9.97 Å². The Morgan fingerprint density at radius 2 is 2.12 bits per heavy atom. The zero-order valence-corrected chi connectivity index (χ0v) is 9.77. The second-order valence-electron chi connectivity index (χ2n) is 3.04. The standard InChI is InChI=1S/C11H7BrN4/c12-8-2-1-3-9(4-8)16-11-5-10(6-13)14-7-15-11/h1-5,7H,(H,14,15,16). The van der Waals surface area contributed by atoms with Crippen LogP contribution in [0, 0.1) is 11.3 Å². The molecule has 2 rings (SSSR count). The number of nitriles is 1. The molecule has 1 heterocycles. The van der Waals surface area contributed by atoms with Gasteiger partial charge < -0.3 is 5.32 Å². The predicted molar refractivity (Wildman–Crippen MR) is 64.2 cm³/mol. The monoisotopic (exact) mass is 274 g/mol. The highest BCUT2D eigenvalue weighted by molar-refractivity contribution is 9.10. The van der Waals surface area contributed by atoms with Crippen LogP contribution in [0.5, 0.6) is 0 Å². The van der Waals surface area contributed by atoms with Crippen molar-refractivity contribution in [2.45, 2.75) is 0 Å². The maximum Gasteiger partial charge on any atom is 0.145 e. The van der Waals surface area contributed by atoms with Gasteiger partial charge in [0.1, 0.15) is 23.9 Å². The number of halogens is 1. The predicted octanol–water partition coefficient (Wildman–Crippen LogP) is 2.85. The lowest BCUT2D eigenvalue weighted by Gasteiger charge is -2.05. The zero-order valence-electron chi connectivity index (χ0n) is 8.18. The van der Waals surface area contributed by atoms with Crippen molar-refractivity contribution in [2.24, 2.45) is 0 Å². The fourth-order valence-electron chi connectivity index (χ4n) is 1.20. The van der Waals surface area contributed by atoms with E-state index in [9.17, 15) is 0 Å². The summed E-state index contributed by atoms with van der Waals surface area (Å²) in [4.78, 5) is 7.82. The molecule has 5 heteroatoms. The molecule has 0 saturated heterocycles. The molecule has 0 bridgehead atoms. The second-order valence-corrected chi connectivity index (χ2v) is 3.95. The van der Waals surface area contributed by atoms with E-state index in [0.717, 1.165) is 10.2 Å². The Hall–Kier alpha value is -1.93. The van der Waals surface area contributed by atoms with Crippen molar-refractivity contribution in [3.63, 3.8) is 0 Å². The summed E-state index contributed by atoms with van der Waals surface area (Å²) in [7, 11) is 0. The molecule has 0 fully saturated rings. The van der Waals surface area contributed by atoms with Crippen molar-refractivity contribution >= 4 is 27.4 Å². The molecule has 0 amide bonds. The highest BCUT2D eigenvalue weighted by Crippen LogP contribution is 2.19. The van der Waals surface area contributed by atoms with Crippen LogP contribution >= 0.6 is 15.9 Å². The Bertz CT molecular complexity index is 548. The average molecular weight is 275 g/mol. The summed E-state index contributed by atoms with van der Waals surface area (Å²) in [6, 6.07) is 11.3. The lowest BCUT2D eigenvalue weighted by Crippen LogP contribution is -1.95. The minimum absolute atomic E-state index is 0.340. The van der Waals surface area contributed by atoms with Gasteiger partial charge in [0.15, 0.2) is 0 Å². The van der Waals surface area contributed by atoms with Gasteiger partial charge in [-0.2, -0.15) is 5.26 Å². The molecule has 1 N–H and O–H groups in total. The Labute approximate surface area is 101 Å². The minimum atomic E-state index is 0.340. The van der Waals surface area contributed by atoms with E-state index in [1.165, 1.54) is 6.33 Å². The number of aromatic nitrogens is 2. The fourth-order valence-corrected chi connectivity index (χ4v) is 1.60. The van der Waals surface area contributed by atoms with Crippen LogP contribution in [0.3, 0.4) is 0 Å². The van der Waals surface area contributed by atoms with Crippen LogP contribution in [-0.2, 0) is 0 Å². The van der Waals surface area contributed by atoms with Crippen molar-refractivity contribution in [1.82, 2.24) is 9.97 Å². The molecule has 0 aliphatic rings. The van der Waals surface area contributed by atoms with Gasteiger partial charge >= 0.3 is 0 Å². The lowest BCUT2D eigenvalue weighted by atomic mass is 10.3. The van der Waals surface area contributed by atoms with Crippen LogP contribution in [-0.4, -0.2) is 9.97 Å². The first-order valence-electron chi connectivity index (χ1n) is 4.52. The van der Waals surface area contributed by atoms with Crippen LogP contribution in [0.25, 0.3) is 0 Å². The van der Waals surface area contributed by atoms with Gasteiger partial charge in [0.05, 0.1) is 0 Å². The smallest absolute Gasteiger partial charge is 0.145 e. The topological polar surface area (TPSA) is 61.6 Å². The Morgan fingerprint density at radius 3 is 2.88 bits per heavy atom. The zero-order chi connectivity index (χ0) is 11.4. The number of anilines is 2. The van der Waals surface area contributed by atoms with E-state index in [0.29, 0.717) is 11.5 Å². The van der Waals surface area contributed by atoms with Crippen LogP contribution < -0.4 is 5.32 Å². The number of nitrogens with one attached hydrogen (secondary N) is 1. The molecule has 0 unspecified atom stereocenters. The van der Waals surface area contributed by atoms with Gasteiger partial charge in [0, 0.05) is 16.2 Å². The van der Waals surface area contributed by atoms with Crippen LogP contribution in [0.4, 0.5) is 11.5 Å². The van der Waals surface area contributed by atoms with Crippen molar-refractivity contribution < 1.29 is 0 Å². The number of benzene rings is 1. The first-order valence-corrected chi connectivity index (χ1v) is 5.32. The van der Waals surface area contributed by atoms with Gasteiger partial charge in [-0.3, -0.25) is 0 Å². The van der Waals surface area contributed by atoms with E-state index in [2.05, 4.69) is 31.2 Å². The Morgan fingerprint density at radius 1 is 1.25 bits per heavy atom. The molecule has 0 radical (unpaired) electrons. The van der Waals surface area contributed by atoms with Crippen molar-refractivity contribution in [3.8, 4) is 6.07 Å². The maximum absolute atomic E-state index is 8.70. The molecule has 0 atom stereocenters. The molecule has 2 aromatic rings. The van der Waals surface area contributed by atoms with E-state index >= 15 is 0 Å². The molecule has 16 heavy (non-hydrogen) atoms. The SMILES string of the molecule is N#Cc1cc(Nc2cccc(Br)c2)ncn1. The molecule has 1 aromatic carbocycles. The number of hydrogen-bond donors (Lipinski definition) is 1. The van der Waals surface area contributed by atoms with Crippen LogP contribution in [0.2, 0.25) is 0 Å². The molecule has 1 aromatic heterocycles. The van der Waals surface area contributed by atoms with E-state index in [-0.39, 0.29) is 0 Å². The first kappa shape index (κ1) is 10.6. The van der Waals surface area contributed by atoms with Crippen LogP contribution in [0.15, 0.2) is 41.1 Å². The third-order valence-electron chi connectivity index (χ3n) is 1.88. The van der Waals surface area contributed by atoms with Crippen molar-refractivity contribution in [3.05, 3.63) is 46.8 Å². The molecule has 78 valence electrons. The third kappa shape index (κ3) is 2.55. The summed E-state index contributed by atoms with van der Waals surface area (Å²) in [5, 5.41) is 11.8. The Balaban J connectivity index is 2.24. The summed E-state index contributed by atoms with van der Waals surface area (Å²) in [6.45, 7) is 0. The molecular formula is C11H7BrN4. The average Bonchev–Trinajstić information content (AvgIpc) is 2.29. The highest BCUT2D eigenvalue weighted by atomic mass is 79.9. The van der Waals surface area contributed by atoms with E-state index < -0.39 is 0 Å². The van der Waals surface area contributed by atoms with Gasteiger partial charge in [0.25, 0.3) is 0 Å². The Kier molecular flexibility index (Phi) is 3.13. The summed E-state index contributed by atoms with van der Waals surface area (Å²) >= 11 is 3.38. The second kappa shape index (κ2) is 4.73. The van der Waals surface area contributed by atoms with Crippen LogP contribution in [0.1, 0.15) is 5.69 Å². The molecule has 0 aliphatic carbocycles. The minimum Gasteiger partial charge on any atom is -0.340 e. The van der Waals surface area contributed by atoms with E-state index in [1.54, 1.807) is 6.07 Å². The third-order valence-corrected chi connectivity index (χ3v) is 2.37. The van der Waals surface area contributed by atoms with Crippen molar-refractivity contribution in [1.29, 1.82) is 5.26 Å². The van der Waals surface area contributed by atoms with Crippen molar-refractivity contribution in [2.75, 3.05) is 5.32 Å². The number of rotatable bonds is 2. The van der Waals surface area contributed by atoms with Gasteiger partial charge in [-0.15, -0.1) is 0 Å². The lowest BCUT2D eigenvalue weighted by molar-refractivity contribution is 1.14. The number of nitrogens with zero attached hydrogens (tertiary/aromatic N) is 3. The molecule has 4 nitrogen and oxygen atoms in total. The summed E-state index contributed by atoms with van der Waals surface area (Å²) in [5.74, 6) is 0.602. The summed E-state index contributed by atoms with van der Waals surface area (Å²) in [5.41, 5.74) is 1.24. The highest BCUT2D eigenvalue weighted by Gasteiger charge is 1.98. The molecule has 0 saturated carbocycles. The quantitative estimate of drug-likeness (QED) is 0.915. The fraction of sp³-hybridized carbons (Fsp3) is 0. The molecule has 0 spiro atoms. The van der Waals surface area contributed by atoms with Gasteiger partial charge in [-0.05, 0) is 18.2 Å². The first-order chi connectivity index (χ1) is 7.78. The normalized spacial score (nSPS) is 9.50. The number of hydrogen-bond acceptors (Lipinski definition) is 4. The molecular weight excluding hydrogens is 268 g/mol. The molecule has 0 aliphatic heterocycles. The summed E-state index contributed by atoms with van der Waals surface area (Å²) < 4.78 is 0.979. The largest absolute Gasteiger partial charge is 0.340 e. The maximum atomic E-state index is 8.70. The van der Waals surface area contributed by atoms with Gasteiger partial charge in [-0.1, -0.05) is 22.0 Å².